The molecule has 0 radical (unpaired) electrons. The number of nitrogens with one attached hydrogen (secondary N) is 1. The fourth-order valence-electron chi connectivity index (χ4n) is 3.00. The summed E-state index contributed by atoms with van der Waals surface area (Å²) in [5, 5.41) is 7.82. The quantitative estimate of drug-likeness (QED) is 0.919. The summed E-state index contributed by atoms with van der Waals surface area (Å²) in [6.07, 6.45) is 3.68. The monoisotopic (exact) mass is 316 g/mol. The minimum Gasteiger partial charge on any atom is -0.336 e. The summed E-state index contributed by atoms with van der Waals surface area (Å²) in [5.74, 6) is 1.22. The van der Waals surface area contributed by atoms with Gasteiger partial charge in [0.25, 0.3) is 5.91 Å². The lowest BCUT2D eigenvalue weighted by molar-refractivity contribution is 0.0609. The van der Waals surface area contributed by atoms with E-state index in [0.717, 1.165) is 18.1 Å². The lowest BCUT2D eigenvalue weighted by atomic mass is 10.1. The molecular weight excluding hydrogens is 292 g/mol. The van der Waals surface area contributed by atoms with Gasteiger partial charge in [-0.05, 0) is 12.0 Å². The number of piperazine rings is 1. The van der Waals surface area contributed by atoms with Gasteiger partial charge in [-0.1, -0.05) is 13.8 Å². The minimum atomic E-state index is -0.0614. The first-order chi connectivity index (χ1) is 11.0. The van der Waals surface area contributed by atoms with E-state index in [-0.39, 0.29) is 11.9 Å². The molecule has 0 aliphatic carbocycles. The summed E-state index contributed by atoms with van der Waals surface area (Å²) >= 11 is 0. The molecular formula is C16H24N6O. The summed E-state index contributed by atoms with van der Waals surface area (Å²) in [6.45, 7) is 6.34. The highest BCUT2D eigenvalue weighted by molar-refractivity contribution is 5.93. The second-order valence-electron chi connectivity index (χ2n) is 6.35. The second kappa shape index (κ2) is 6.16. The fraction of sp³-hybridized carbons (Fsp3) is 0.562. The number of imidazole rings is 1. The van der Waals surface area contributed by atoms with Crippen LogP contribution in [-0.4, -0.2) is 49.8 Å². The Kier molecular flexibility index (Phi) is 4.21. The Morgan fingerprint density at radius 1 is 1.39 bits per heavy atom. The number of hydrogen-bond acceptors (Lipinski definition) is 4. The minimum absolute atomic E-state index is 0.0152. The molecule has 1 unspecified atom stereocenters. The first-order valence-electron chi connectivity index (χ1n) is 8.02. The average molecular weight is 316 g/mol. The topological polar surface area (TPSA) is 68.0 Å². The van der Waals surface area contributed by atoms with Crippen LogP contribution in [0.15, 0.2) is 18.5 Å². The molecule has 1 saturated heterocycles. The lowest BCUT2D eigenvalue weighted by Gasteiger charge is -2.35. The van der Waals surface area contributed by atoms with Crippen molar-refractivity contribution in [2.24, 2.45) is 14.1 Å². The number of aromatic nitrogens is 4. The van der Waals surface area contributed by atoms with Crippen molar-refractivity contribution < 1.29 is 4.79 Å². The van der Waals surface area contributed by atoms with Gasteiger partial charge < -0.3 is 14.8 Å². The second-order valence-corrected chi connectivity index (χ2v) is 6.35. The van der Waals surface area contributed by atoms with Crippen molar-refractivity contribution in [3.8, 4) is 0 Å². The van der Waals surface area contributed by atoms with Crippen LogP contribution in [0, 0.1) is 0 Å². The van der Waals surface area contributed by atoms with Crippen molar-refractivity contribution in [1.29, 1.82) is 0 Å². The molecule has 7 heteroatoms. The molecule has 3 heterocycles. The number of rotatable bonds is 3. The molecule has 1 fully saturated rings. The number of nitrogens with zero attached hydrogens (tertiary/aromatic N) is 5. The highest BCUT2D eigenvalue weighted by atomic mass is 16.2. The molecule has 124 valence electrons. The Labute approximate surface area is 136 Å². The van der Waals surface area contributed by atoms with Crippen molar-refractivity contribution in [1.82, 2.24) is 29.5 Å². The molecule has 1 amide bonds. The third kappa shape index (κ3) is 2.88. The van der Waals surface area contributed by atoms with E-state index in [0.29, 0.717) is 24.7 Å². The van der Waals surface area contributed by atoms with Gasteiger partial charge in [-0.2, -0.15) is 5.10 Å². The van der Waals surface area contributed by atoms with E-state index in [9.17, 15) is 4.79 Å². The smallest absolute Gasteiger partial charge is 0.272 e. The first kappa shape index (κ1) is 15.7. The van der Waals surface area contributed by atoms with Crippen LogP contribution in [0.25, 0.3) is 0 Å². The van der Waals surface area contributed by atoms with Crippen LogP contribution in [-0.2, 0) is 14.1 Å². The van der Waals surface area contributed by atoms with Gasteiger partial charge in [0.05, 0.1) is 5.69 Å². The Morgan fingerprint density at radius 2 is 2.17 bits per heavy atom. The maximum atomic E-state index is 13.1. The summed E-state index contributed by atoms with van der Waals surface area (Å²) in [6, 6.07) is 1.85. The predicted molar refractivity (Wildman–Crippen MR) is 87.2 cm³/mol. The highest BCUT2D eigenvalue weighted by Gasteiger charge is 2.32. The third-order valence-corrected chi connectivity index (χ3v) is 4.37. The molecule has 7 nitrogen and oxygen atoms in total. The summed E-state index contributed by atoms with van der Waals surface area (Å²) in [7, 11) is 3.79. The SMILES string of the molecule is CC(C)c1cc(C(=O)N2CCNCC2c2nccn2C)n(C)n1. The summed E-state index contributed by atoms with van der Waals surface area (Å²) in [4.78, 5) is 19.4. The molecule has 1 atom stereocenters. The van der Waals surface area contributed by atoms with Gasteiger partial charge in [-0.25, -0.2) is 4.98 Å². The first-order valence-corrected chi connectivity index (χ1v) is 8.02. The molecule has 1 aliphatic heterocycles. The van der Waals surface area contributed by atoms with Crippen molar-refractivity contribution >= 4 is 5.91 Å². The van der Waals surface area contributed by atoms with Crippen LogP contribution in [0.5, 0.6) is 0 Å². The van der Waals surface area contributed by atoms with E-state index in [1.165, 1.54) is 0 Å². The van der Waals surface area contributed by atoms with Gasteiger partial charge in [0, 0.05) is 46.1 Å². The largest absolute Gasteiger partial charge is 0.336 e. The summed E-state index contributed by atoms with van der Waals surface area (Å²) < 4.78 is 3.66. The Balaban J connectivity index is 1.91. The van der Waals surface area contributed by atoms with Crippen LogP contribution >= 0.6 is 0 Å². The van der Waals surface area contributed by atoms with Gasteiger partial charge in [-0.15, -0.1) is 0 Å². The van der Waals surface area contributed by atoms with Gasteiger partial charge in [0.15, 0.2) is 0 Å². The lowest BCUT2D eigenvalue weighted by Crippen LogP contribution is -2.49. The Morgan fingerprint density at radius 3 is 2.78 bits per heavy atom. The fourth-order valence-corrected chi connectivity index (χ4v) is 3.00. The number of carbonyl (C=O) groups is 1. The molecule has 0 bridgehead atoms. The van der Waals surface area contributed by atoms with E-state index < -0.39 is 0 Å². The Hall–Kier alpha value is -2.15. The highest BCUT2D eigenvalue weighted by Crippen LogP contribution is 2.23. The number of aryl methyl sites for hydroxylation is 2. The van der Waals surface area contributed by atoms with E-state index in [4.69, 9.17) is 0 Å². The molecule has 1 aliphatic rings. The van der Waals surface area contributed by atoms with Gasteiger partial charge in [0.1, 0.15) is 17.6 Å². The zero-order chi connectivity index (χ0) is 16.6. The molecule has 0 spiro atoms. The molecule has 3 rings (SSSR count). The molecule has 0 saturated carbocycles. The van der Waals surface area contributed by atoms with Gasteiger partial charge in [-0.3, -0.25) is 9.48 Å². The molecule has 1 N–H and O–H groups in total. The molecule has 23 heavy (non-hydrogen) atoms. The van der Waals surface area contributed by atoms with Crippen molar-refractivity contribution in [3.63, 3.8) is 0 Å². The van der Waals surface area contributed by atoms with E-state index in [1.807, 2.05) is 35.8 Å². The normalized spacial score (nSPS) is 18.7. The number of carbonyl (C=O) groups excluding carboxylic acids is 1. The van der Waals surface area contributed by atoms with Gasteiger partial charge >= 0.3 is 0 Å². The van der Waals surface area contributed by atoms with Crippen molar-refractivity contribution in [3.05, 3.63) is 35.7 Å². The van der Waals surface area contributed by atoms with Gasteiger partial charge in [0.2, 0.25) is 0 Å². The average Bonchev–Trinajstić information content (AvgIpc) is 3.12. The van der Waals surface area contributed by atoms with E-state index >= 15 is 0 Å². The Bertz CT molecular complexity index is 701. The zero-order valence-electron chi connectivity index (χ0n) is 14.2. The van der Waals surface area contributed by atoms with Crippen molar-refractivity contribution in [2.75, 3.05) is 19.6 Å². The zero-order valence-corrected chi connectivity index (χ0v) is 14.2. The van der Waals surface area contributed by atoms with Crippen LogP contribution in [0.4, 0.5) is 0 Å². The predicted octanol–water partition coefficient (Wildman–Crippen LogP) is 1.06. The maximum absolute atomic E-state index is 13.1. The van der Waals surface area contributed by atoms with E-state index in [2.05, 4.69) is 29.2 Å². The molecule has 2 aromatic heterocycles. The summed E-state index contributed by atoms with van der Waals surface area (Å²) in [5.41, 5.74) is 1.58. The third-order valence-electron chi connectivity index (χ3n) is 4.37. The molecule has 2 aromatic rings. The van der Waals surface area contributed by atoms with Crippen LogP contribution < -0.4 is 5.32 Å². The standard InChI is InChI=1S/C16H24N6O/c1-11(2)12-9-13(21(4)19-12)16(23)22-8-5-17-10-14(22)15-18-6-7-20(15)3/h6-7,9,11,14,17H,5,8,10H2,1-4H3. The van der Waals surface area contributed by atoms with Crippen LogP contribution in [0.2, 0.25) is 0 Å². The maximum Gasteiger partial charge on any atom is 0.272 e. The van der Waals surface area contributed by atoms with Crippen LogP contribution in [0.1, 0.15) is 47.8 Å². The van der Waals surface area contributed by atoms with E-state index in [1.54, 1.807) is 10.9 Å². The van der Waals surface area contributed by atoms with Crippen LogP contribution in [0.3, 0.4) is 0 Å². The molecule has 0 aromatic carbocycles. The number of hydrogen-bond donors (Lipinski definition) is 1. The van der Waals surface area contributed by atoms with Crippen molar-refractivity contribution in [2.45, 2.75) is 25.8 Å². The number of amides is 1.